The van der Waals surface area contributed by atoms with Gasteiger partial charge in [-0.05, 0) is 37.7 Å². The van der Waals surface area contributed by atoms with Crippen molar-refractivity contribution in [1.29, 1.82) is 0 Å². The molecule has 1 aliphatic rings. The number of aromatic nitrogens is 1. The van der Waals surface area contributed by atoms with E-state index >= 15 is 0 Å². The molecule has 1 aromatic heterocycles. The number of anilines is 1. The van der Waals surface area contributed by atoms with E-state index in [1.165, 1.54) is 0 Å². The largest absolute Gasteiger partial charge is 0.462 e. The first-order chi connectivity index (χ1) is 12.2. The lowest BCUT2D eigenvalue weighted by atomic mass is 10.2. The zero-order chi connectivity index (χ0) is 18.1. The van der Waals surface area contributed by atoms with Crippen LogP contribution in [0.25, 0.3) is 0 Å². The normalized spacial score (nSPS) is 15.0. The number of carbonyl (C=O) groups excluding carboxylic acids is 2. The number of pyridine rings is 1. The maximum Gasteiger partial charge on any atom is 0.339 e. The molecule has 2 heterocycles. The van der Waals surface area contributed by atoms with Crippen molar-refractivity contribution in [2.24, 2.45) is 0 Å². The van der Waals surface area contributed by atoms with Gasteiger partial charge in [-0.1, -0.05) is 6.92 Å². The molecule has 138 valence electrons. The molecule has 1 fully saturated rings. The van der Waals surface area contributed by atoms with Crippen LogP contribution in [-0.4, -0.2) is 66.1 Å². The van der Waals surface area contributed by atoms with Gasteiger partial charge in [0.2, 0.25) is 5.91 Å². The summed E-state index contributed by atoms with van der Waals surface area (Å²) in [7, 11) is 0. The highest BCUT2D eigenvalue weighted by Crippen LogP contribution is 2.15. The third-order valence-electron chi connectivity index (χ3n) is 4.01. The Balaban J connectivity index is 1.89. The minimum absolute atomic E-state index is 0.228. The monoisotopic (exact) mass is 365 g/mol. The summed E-state index contributed by atoms with van der Waals surface area (Å²) >= 11 is 1.71. The summed E-state index contributed by atoms with van der Waals surface area (Å²) in [6.07, 6.45) is 3.58. The minimum Gasteiger partial charge on any atom is -0.462 e. The lowest BCUT2D eigenvalue weighted by Gasteiger charge is -2.23. The summed E-state index contributed by atoms with van der Waals surface area (Å²) in [5.41, 5.74) is 0.463. The molecule has 7 heteroatoms. The number of carbonyl (C=O) groups is 2. The summed E-state index contributed by atoms with van der Waals surface area (Å²) in [6, 6.07) is 3.59. The first-order valence-corrected chi connectivity index (χ1v) is 10.0. The van der Waals surface area contributed by atoms with Gasteiger partial charge in [0.1, 0.15) is 5.82 Å². The van der Waals surface area contributed by atoms with Crippen molar-refractivity contribution in [3.63, 3.8) is 0 Å². The molecule has 0 aliphatic carbocycles. The van der Waals surface area contributed by atoms with E-state index in [0.29, 0.717) is 24.5 Å². The smallest absolute Gasteiger partial charge is 0.339 e. The van der Waals surface area contributed by atoms with Crippen LogP contribution in [0.3, 0.4) is 0 Å². The summed E-state index contributed by atoms with van der Waals surface area (Å²) in [4.78, 5) is 32.5. The molecule has 0 spiro atoms. The molecule has 0 unspecified atom stereocenters. The Morgan fingerprint density at radius 3 is 2.72 bits per heavy atom. The van der Waals surface area contributed by atoms with E-state index in [1.54, 1.807) is 30.9 Å². The second-order valence-corrected chi connectivity index (χ2v) is 7.00. The second kappa shape index (κ2) is 10.3. The van der Waals surface area contributed by atoms with Crippen molar-refractivity contribution in [3.05, 3.63) is 23.9 Å². The Hall–Kier alpha value is -1.76. The lowest BCUT2D eigenvalue weighted by Crippen LogP contribution is -2.36. The molecule has 6 nitrogen and oxygen atoms in total. The fraction of sp³-hybridized carbons (Fsp3) is 0.611. The number of hydrogen-bond acceptors (Lipinski definition) is 6. The van der Waals surface area contributed by atoms with Gasteiger partial charge in [0.25, 0.3) is 0 Å². The molecule has 1 saturated heterocycles. The first-order valence-electron chi connectivity index (χ1n) is 8.89. The molecule has 0 atom stereocenters. The third-order valence-corrected chi connectivity index (χ3v) is 5.15. The van der Waals surface area contributed by atoms with Gasteiger partial charge >= 0.3 is 5.97 Å². The van der Waals surface area contributed by atoms with E-state index < -0.39 is 0 Å². The van der Waals surface area contributed by atoms with E-state index in [9.17, 15) is 9.59 Å². The number of rotatable bonds is 7. The quantitative estimate of drug-likeness (QED) is 0.546. The number of thioether (sulfide) groups is 1. The highest BCUT2D eigenvalue weighted by atomic mass is 32.2. The van der Waals surface area contributed by atoms with Gasteiger partial charge in [0, 0.05) is 32.4 Å². The van der Waals surface area contributed by atoms with Crippen molar-refractivity contribution in [2.75, 3.05) is 49.2 Å². The van der Waals surface area contributed by atoms with Crippen LogP contribution in [0.4, 0.5) is 5.82 Å². The van der Waals surface area contributed by atoms with Gasteiger partial charge in [-0.3, -0.25) is 4.79 Å². The van der Waals surface area contributed by atoms with Gasteiger partial charge in [0.05, 0.1) is 17.9 Å². The Kier molecular flexibility index (Phi) is 8.04. The van der Waals surface area contributed by atoms with Gasteiger partial charge < -0.3 is 14.5 Å². The van der Waals surface area contributed by atoms with Crippen molar-refractivity contribution >= 4 is 29.5 Å². The average Bonchev–Trinajstić information content (AvgIpc) is 2.88. The molecular weight excluding hydrogens is 338 g/mol. The molecule has 0 aromatic carbocycles. The predicted octanol–water partition coefficient (Wildman–Crippen LogP) is 2.44. The van der Waals surface area contributed by atoms with Crippen LogP contribution in [0.2, 0.25) is 0 Å². The van der Waals surface area contributed by atoms with Gasteiger partial charge in [0.15, 0.2) is 0 Å². The molecule has 25 heavy (non-hydrogen) atoms. The molecule has 0 bridgehead atoms. The van der Waals surface area contributed by atoms with Gasteiger partial charge in [-0.2, -0.15) is 11.8 Å². The van der Waals surface area contributed by atoms with E-state index in [2.05, 4.69) is 16.8 Å². The van der Waals surface area contributed by atoms with Crippen LogP contribution in [0, 0.1) is 0 Å². The second-order valence-electron chi connectivity index (χ2n) is 5.90. The van der Waals surface area contributed by atoms with E-state index in [-0.39, 0.29) is 11.9 Å². The summed E-state index contributed by atoms with van der Waals surface area (Å²) in [6.45, 7) is 7.39. The number of esters is 1. The maximum absolute atomic E-state index is 12.3. The van der Waals surface area contributed by atoms with Crippen LogP contribution in [0.5, 0.6) is 0 Å². The van der Waals surface area contributed by atoms with E-state index in [1.807, 2.05) is 11.0 Å². The van der Waals surface area contributed by atoms with Crippen LogP contribution in [0.1, 0.15) is 37.0 Å². The SMILES string of the molecule is CCCSCC(=O)N1CCCN(c2ccc(C(=O)OCC)cn2)CC1. The number of nitrogens with zero attached hydrogens (tertiary/aromatic N) is 3. The predicted molar refractivity (Wildman–Crippen MR) is 101 cm³/mol. The first kappa shape index (κ1) is 19.6. The molecule has 0 N–H and O–H groups in total. The highest BCUT2D eigenvalue weighted by Gasteiger charge is 2.20. The van der Waals surface area contributed by atoms with Crippen LogP contribution < -0.4 is 4.90 Å². The summed E-state index contributed by atoms with van der Waals surface area (Å²) in [5.74, 6) is 2.32. The fourth-order valence-corrected chi connectivity index (χ4v) is 3.49. The van der Waals surface area contributed by atoms with Gasteiger partial charge in [-0.15, -0.1) is 0 Å². The van der Waals surface area contributed by atoms with Crippen molar-refractivity contribution < 1.29 is 14.3 Å². The molecule has 0 saturated carbocycles. The molecule has 0 radical (unpaired) electrons. The topological polar surface area (TPSA) is 62.7 Å². The third kappa shape index (κ3) is 5.92. The lowest BCUT2D eigenvalue weighted by molar-refractivity contribution is -0.128. The Labute approximate surface area is 153 Å². The van der Waals surface area contributed by atoms with Crippen molar-refractivity contribution in [3.8, 4) is 0 Å². The van der Waals surface area contributed by atoms with Crippen LogP contribution in [0.15, 0.2) is 18.3 Å². The molecule has 1 amide bonds. The van der Waals surface area contributed by atoms with Crippen molar-refractivity contribution in [1.82, 2.24) is 9.88 Å². The molecular formula is C18H27N3O3S. The summed E-state index contributed by atoms with van der Waals surface area (Å²) < 4.78 is 4.98. The minimum atomic E-state index is -0.348. The summed E-state index contributed by atoms with van der Waals surface area (Å²) in [5, 5.41) is 0. The maximum atomic E-state index is 12.3. The van der Waals surface area contributed by atoms with Crippen molar-refractivity contribution in [2.45, 2.75) is 26.7 Å². The number of ether oxygens (including phenoxy) is 1. The standard InChI is InChI=1S/C18H27N3O3S/c1-3-12-25-14-17(22)21-9-5-8-20(10-11-21)16-7-6-15(13-19-16)18(23)24-4-2/h6-7,13H,3-5,8-12,14H2,1-2H3. The molecule has 2 rings (SSSR count). The molecule has 1 aliphatic heterocycles. The fourth-order valence-electron chi connectivity index (χ4n) is 2.70. The number of amides is 1. The van der Waals surface area contributed by atoms with E-state index in [0.717, 1.165) is 44.0 Å². The Morgan fingerprint density at radius 1 is 1.20 bits per heavy atom. The molecule has 1 aromatic rings. The number of hydrogen-bond donors (Lipinski definition) is 0. The van der Waals surface area contributed by atoms with Gasteiger partial charge in [-0.25, -0.2) is 9.78 Å². The highest BCUT2D eigenvalue weighted by molar-refractivity contribution is 7.99. The zero-order valence-electron chi connectivity index (χ0n) is 15.1. The average molecular weight is 365 g/mol. The van der Waals surface area contributed by atoms with Crippen LogP contribution >= 0.6 is 11.8 Å². The Morgan fingerprint density at radius 2 is 2.04 bits per heavy atom. The zero-order valence-corrected chi connectivity index (χ0v) is 15.9. The Bertz CT molecular complexity index is 565. The van der Waals surface area contributed by atoms with Crippen LogP contribution in [-0.2, 0) is 9.53 Å². The van der Waals surface area contributed by atoms with E-state index in [4.69, 9.17) is 4.74 Å².